The van der Waals surface area contributed by atoms with Crippen molar-refractivity contribution >= 4 is 40.6 Å². The minimum Gasteiger partial charge on any atom is -0.497 e. The van der Waals surface area contributed by atoms with Crippen LogP contribution in [0.25, 0.3) is 11.3 Å². The smallest absolute Gasteiger partial charge is 0.323 e. The Balaban J connectivity index is 1.62. The number of nitrogens with zero attached hydrogens (tertiary/aromatic N) is 3. The van der Waals surface area contributed by atoms with Gasteiger partial charge in [-0.15, -0.1) is 0 Å². The van der Waals surface area contributed by atoms with Crippen molar-refractivity contribution in [3.63, 3.8) is 0 Å². The number of anilines is 2. The van der Waals surface area contributed by atoms with Crippen LogP contribution < -0.4 is 25.7 Å². The highest BCUT2D eigenvalue weighted by Crippen LogP contribution is 2.30. The maximum Gasteiger partial charge on any atom is 0.323 e. The lowest BCUT2D eigenvalue weighted by atomic mass is 10.1. The van der Waals surface area contributed by atoms with E-state index < -0.39 is 11.6 Å². The fourth-order valence-corrected chi connectivity index (χ4v) is 3.76. The third kappa shape index (κ3) is 5.76. The van der Waals surface area contributed by atoms with Crippen LogP contribution in [0.3, 0.4) is 0 Å². The Morgan fingerprint density at radius 1 is 0.972 bits per heavy atom. The molecule has 2 N–H and O–H groups in total. The normalized spacial score (nSPS) is 10.6. The van der Waals surface area contributed by atoms with E-state index in [1.54, 1.807) is 38.3 Å². The molecule has 0 saturated carbocycles. The summed E-state index contributed by atoms with van der Waals surface area (Å²) in [6.45, 7) is 2.08. The van der Waals surface area contributed by atoms with Gasteiger partial charge in [0.2, 0.25) is 0 Å². The first-order chi connectivity index (χ1) is 17.4. The average molecular weight is 526 g/mol. The molecule has 11 heteroatoms. The Kier molecular flexibility index (Phi) is 7.72. The Bertz CT molecular complexity index is 1460. The molecule has 0 spiro atoms. The van der Waals surface area contributed by atoms with Crippen LogP contribution in [0, 0.1) is 0 Å². The number of rotatable bonds is 7. The zero-order valence-corrected chi connectivity index (χ0v) is 20.8. The molecule has 0 bridgehead atoms. The van der Waals surface area contributed by atoms with Gasteiger partial charge in [0, 0.05) is 30.6 Å². The van der Waals surface area contributed by atoms with Crippen molar-refractivity contribution in [2.24, 2.45) is 0 Å². The van der Waals surface area contributed by atoms with Gasteiger partial charge in [0.1, 0.15) is 22.9 Å². The molecule has 0 atom stereocenters. The number of carbonyl (C=O) groups is 1. The number of carbonyl (C=O) groups excluding carboxylic acids is 1. The molecule has 0 aliphatic heterocycles. The summed E-state index contributed by atoms with van der Waals surface area (Å²) >= 11 is 12.1. The molecule has 4 rings (SSSR count). The van der Waals surface area contributed by atoms with E-state index in [1.165, 1.54) is 23.1 Å². The molecule has 36 heavy (non-hydrogen) atoms. The van der Waals surface area contributed by atoms with Crippen molar-refractivity contribution in [1.82, 2.24) is 14.8 Å². The van der Waals surface area contributed by atoms with Gasteiger partial charge in [-0.2, -0.15) is 5.10 Å². The monoisotopic (exact) mass is 525 g/mol. The molecule has 2 heterocycles. The first-order valence-electron chi connectivity index (χ1n) is 10.8. The Morgan fingerprint density at radius 3 is 2.33 bits per heavy atom. The maximum atomic E-state index is 12.8. The van der Waals surface area contributed by atoms with Crippen LogP contribution in [0.5, 0.6) is 17.2 Å². The lowest BCUT2D eigenvalue weighted by Gasteiger charge is -2.13. The van der Waals surface area contributed by atoms with E-state index in [1.807, 2.05) is 24.3 Å². The van der Waals surface area contributed by atoms with Gasteiger partial charge in [-0.3, -0.25) is 9.78 Å². The summed E-state index contributed by atoms with van der Waals surface area (Å²) in [6.07, 6.45) is 2.69. The van der Waals surface area contributed by atoms with E-state index in [2.05, 4.69) is 20.7 Å². The third-order valence-corrected chi connectivity index (χ3v) is 5.59. The Hall–Kier alpha value is -4.08. The number of hydrogen-bond acceptors (Lipinski definition) is 6. The predicted octanol–water partition coefficient (Wildman–Crippen LogP) is 6.08. The van der Waals surface area contributed by atoms with E-state index in [0.717, 1.165) is 0 Å². The molecule has 0 aliphatic rings. The van der Waals surface area contributed by atoms with Crippen LogP contribution in [0.1, 0.15) is 6.92 Å². The van der Waals surface area contributed by atoms with Crippen molar-refractivity contribution in [3.05, 3.63) is 87.4 Å². The number of pyridine rings is 1. The fourth-order valence-electron chi connectivity index (χ4n) is 3.30. The number of hydrogen-bond donors (Lipinski definition) is 2. The molecule has 2 aromatic heterocycles. The van der Waals surface area contributed by atoms with Gasteiger partial charge in [0.25, 0.3) is 5.56 Å². The number of halogens is 2. The topological polar surface area (TPSA) is 107 Å². The molecule has 2 aromatic carbocycles. The van der Waals surface area contributed by atoms with Crippen LogP contribution in [-0.4, -0.2) is 27.9 Å². The average Bonchev–Trinajstić information content (AvgIpc) is 2.88. The number of aromatic nitrogens is 3. The summed E-state index contributed by atoms with van der Waals surface area (Å²) in [5, 5.41) is 9.84. The van der Waals surface area contributed by atoms with E-state index >= 15 is 0 Å². The van der Waals surface area contributed by atoms with Crippen LogP contribution in [-0.2, 0) is 6.54 Å². The summed E-state index contributed by atoms with van der Waals surface area (Å²) in [7, 11) is 1.58. The van der Waals surface area contributed by atoms with Gasteiger partial charge in [-0.1, -0.05) is 41.4 Å². The minimum absolute atomic E-state index is 0.0276. The second kappa shape index (κ2) is 11.1. The second-order valence-electron chi connectivity index (χ2n) is 7.43. The lowest BCUT2D eigenvalue weighted by Crippen LogP contribution is -2.29. The SMILES string of the molecule is CCn1nc(-c2cccc(Oc3cccc(OC)c3)c2)cc(NC(=O)Nc2c(Cl)cncc2Cl)c1=O. The van der Waals surface area contributed by atoms with Crippen molar-refractivity contribution in [2.75, 3.05) is 17.7 Å². The zero-order chi connectivity index (χ0) is 25.7. The van der Waals surface area contributed by atoms with Gasteiger partial charge in [0.05, 0.1) is 28.5 Å². The molecule has 184 valence electrons. The first kappa shape index (κ1) is 25.0. The number of aryl methyl sites for hydroxylation is 1. The molecular formula is C25H21Cl2N5O4. The van der Waals surface area contributed by atoms with Crippen LogP contribution >= 0.6 is 23.2 Å². The number of methoxy groups -OCH3 is 1. The number of nitrogens with one attached hydrogen (secondary N) is 2. The highest BCUT2D eigenvalue weighted by atomic mass is 35.5. The van der Waals surface area contributed by atoms with Gasteiger partial charge >= 0.3 is 6.03 Å². The van der Waals surface area contributed by atoms with Crippen molar-refractivity contribution in [3.8, 4) is 28.5 Å². The number of benzene rings is 2. The Labute approximate surface area is 216 Å². The number of ether oxygens (including phenoxy) is 2. The quantitative estimate of drug-likeness (QED) is 0.302. The van der Waals surface area contributed by atoms with Gasteiger partial charge in [0.15, 0.2) is 0 Å². The molecule has 0 radical (unpaired) electrons. The third-order valence-electron chi connectivity index (χ3n) is 5.02. The maximum absolute atomic E-state index is 12.8. The molecule has 0 aliphatic carbocycles. The van der Waals surface area contributed by atoms with Gasteiger partial charge in [-0.25, -0.2) is 9.48 Å². The largest absolute Gasteiger partial charge is 0.497 e. The lowest BCUT2D eigenvalue weighted by molar-refractivity contribution is 0.262. The van der Waals surface area contributed by atoms with Crippen LogP contribution in [0.2, 0.25) is 10.0 Å². The first-order valence-corrected chi connectivity index (χ1v) is 11.5. The summed E-state index contributed by atoms with van der Waals surface area (Å²) in [5.41, 5.74) is 0.884. The number of urea groups is 1. The molecule has 0 saturated heterocycles. The van der Waals surface area contributed by atoms with Crippen molar-refractivity contribution in [1.29, 1.82) is 0 Å². The van der Waals surface area contributed by atoms with Crippen LogP contribution in [0.15, 0.2) is 71.8 Å². The second-order valence-corrected chi connectivity index (χ2v) is 8.24. The zero-order valence-electron chi connectivity index (χ0n) is 19.3. The van der Waals surface area contributed by atoms with Gasteiger partial charge in [-0.05, 0) is 37.3 Å². The van der Waals surface area contributed by atoms with E-state index in [4.69, 9.17) is 32.7 Å². The molecule has 0 unspecified atom stereocenters. The highest BCUT2D eigenvalue weighted by Gasteiger charge is 2.15. The Morgan fingerprint density at radius 2 is 1.64 bits per heavy atom. The van der Waals surface area contributed by atoms with Crippen LogP contribution in [0.4, 0.5) is 16.2 Å². The molecule has 9 nitrogen and oxygen atoms in total. The summed E-state index contributed by atoms with van der Waals surface area (Å²) in [4.78, 5) is 29.3. The van der Waals surface area contributed by atoms with E-state index in [9.17, 15) is 9.59 Å². The van der Waals surface area contributed by atoms with E-state index in [0.29, 0.717) is 35.1 Å². The standard InChI is InChI=1S/C25H21Cl2N5O4/c1-3-32-24(33)22(29-25(34)30-23-19(26)13-28-14-20(23)27)12-21(31-32)15-6-4-8-17(10-15)36-18-9-5-7-16(11-18)35-2/h4-14H,3H2,1-2H3,(H2,28,29,30,34). The van der Waals surface area contributed by atoms with Gasteiger partial charge < -0.3 is 20.1 Å². The molecule has 4 aromatic rings. The fraction of sp³-hybridized carbons (Fsp3) is 0.120. The molecular weight excluding hydrogens is 505 g/mol. The number of amides is 2. The summed E-state index contributed by atoms with van der Waals surface area (Å²) in [6, 6.07) is 15.2. The van der Waals surface area contributed by atoms with Crippen molar-refractivity contribution in [2.45, 2.75) is 13.5 Å². The summed E-state index contributed by atoms with van der Waals surface area (Å²) < 4.78 is 12.5. The van der Waals surface area contributed by atoms with E-state index in [-0.39, 0.29) is 21.4 Å². The van der Waals surface area contributed by atoms with Crippen molar-refractivity contribution < 1.29 is 14.3 Å². The predicted molar refractivity (Wildman–Crippen MR) is 140 cm³/mol. The highest BCUT2D eigenvalue weighted by molar-refractivity contribution is 6.39. The molecule has 0 fully saturated rings. The summed E-state index contributed by atoms with van der Waals surface area (Å²) in [5.74, 6) is 1.83. The molecule has 2 amide bonds. The minimum atomic E-state index is -0.697.